The van der Waals surface area contributed by atoms with Crippen molar-refractivity contribution in [3.8, 4) is 0 Å². The van der Waals surface area contributed by atoms with Gasteiger partial charge in [0, 0.05) is 4.47 Å². The Balaban J connectivity index is 2.26. The number of carbonyl (C=O) groups is 2. The maximum absolute atomic E-state index is 12.5. The minimum atomic E-state index is -1.08. The SMILES string of the molecule is CCC(C(=O)Nc1ccc(Br)cc1C(=O)O)c1ccccc1. The molecule has 2 aromatic carbocycles. The number of rotatable bonds is 5. The standard InChI is InChI=1S/C17H16BrNO3/c1-2-13(11-6-4-3-5-7-11)16(20)19-15-9-8-12(18)10-14(15)17(21)22/h3-10,13H,2H2,1H3,(H,19,20)(H,21,22). The monoisotopic (exact) mass is 361 g/mol. The Bertz CT molecular complexity index is 686. The number of carbonyl (C=O) groups excluding carboxylic acids is 1. The zero-order valence-corrected chi connectivity index (χ0v) is 13.6. The topological polar surface area (TPSA) is 66.4 Å². The van der Waals surface area contributed by atoms with Gasteiger partial charge in [-0.15, -0.1) is 0 Å². The van der Waals surface area contributed by atoms with Gasteiger partial charge in [0.2, 0.25) is 5.91 Å². The Morgan fingerprint density at radius 3 is 2.45 bits per heavy atom. The summed E-state index contributed by atoms with van der Waals surface area (Å²) in [7, 11) is 0. The third-order valence-electron chi connectivity index (χ3n) is 3.40. The molecule has 2 rings (SSSR count). The molecule has 2 aromatic rings. The van der Waals surface area contributed by atoms with Gasteiger partial charge >= 0.3 is 5.97 Å². The number of anilines is 1. The number of benzene rings is 2. The van der Waals surface area contributed by atoms with Gasteiger partial charge < -0.3 is 10.4 Å². The Labute approximate surface area is 137 Å². The van der Waals surface area contributed by atoms with Crippen LogP contribution >= 0.6 is 15.9 Å². The van der Waals surface area contributed by atoms with Gasteiger partial charge in [0.15, 0.2) is 0 Å². The summed E-state index contributed by atoms with van der Waals surface area (Å²) in [6.45, 7) is 1.93. The number of nitrogens with one attached hydrogen (secondary N) is 1. The molecule has 0 spiro atoms. The normalized spacial score (nSPS) is 11.7. The number of hydrogen-bond donors (Lipinski definition) is 2. The first-order valence-corrected chi connectivity index (χ1v) is 7.71. The molecule has 114 valence electrons. The molecule has 5 heteroatoms. The lowest BCUT2D eigenvalue weighted by Gasteiger charge is -2.16. The number of carboxylic acids is 1. The predicted molar refractivity (Wildman–Crippen MR) is 89.2 cm³/mol. The quantitative estimate of drug-likeness (QED) is 0.834. The molecule has 0 aromatic heterocycles. The van der Waals surface area contributed by atoms with Crippen LogP contribution in [0.3, 0.4) is 0 Å². The van der Waals surface area contributed by atoms with Crippen molar-refractivity contribution >= 4 is 33.5 Å². The molecule has 22 heavy (non-hydrogen) atoms. The maximum Gasteiger partial charge on any atom is 0.337 e. The molecule has 2 N–H and O–H groups in total. The summed E-state index contributed by atoms with van der Waals surface area (Å²) in [5, 5.41) is 12.0. The summed E-state index contributed by atoms with van der Waals surface area (Å²) < 4.78 is 0.651. The number of halogens is 1. The Hall–Kier alpha value is -2.14. The first-order chi connectivity index (χ1) is 10.5. The van der Waals surface area contributed by atoms with Gasteiger partial charge in [-0.1, -0.05) is 53.2 Å². The van der Waals surface area contributed by atoms with Crippen LogP contribution in [0.1, 0.15) is 35.2 Å². The van der Waals surface area contributed by atoms with Crippen molar-refractivity contribution in [2.75, 3.05) is 5.32 Å². The van der Waals surface area contributed by atoms with E-state index in [0.717, 1.165) is 5.56 Å². The van der Waals surface area contributed by atoms with Crippen LogP contribution in [0.15, 0.2) is 53.0 Å². The summed E-state index contributed by atoms with van der Waals surface area (Å²) in [6.07, 6.45) is 0.634. The minimum absolute atomic E-state index is 0.0608. The van der Waals surface area contributed by atoms with E-state index in [1.54, 1.807) is 12.1 Å². The van der Waals surface area contributed by atoms with Crippen molar-refractivity contribution in [1.82, 2.24) is 0 Å². The molecule has 0 radical (unpaired) electrons. The Morgan fingerprint density at radius 2 is 1.86 bits per heavy atom. The van der Waals surface area contributed by atoms with E-state index in [-0.39, 0.29) is 17.4 Å². The van der Waals surface area contributed by atoms with E-state index >= 15 is 0 Å². The van der Waals surface area contributed by atoms with Crippen molar-refractivity contribution in [3.05, 3.63) is 64.1 Å². The lowest BCUT2D eigenvalue weighted by atomic mass is 9.95. The van der Waals surface area contributed by atoms with Crippen LogP contribution in [-0.2, 0) is 4.79 Å². The van der Waals surface area contributed by atoms with Crippen LogP contribution in [0.5, 0.6) is 0 Å². The molecule has 1 amide bonds. The summed E-state index contributed by atoms with van der Waals surface area (Å²) in [6, 6.07) is 14.2. The molecule has 0 fully saturated rings. The van der Waals surface area contributed by atoms with Gasteiger partial charge in [-0.05, 0) is 30.2 Å². The highest BCUT2D eigenvalue weighted by Gasteiger charge is 2.20. The maximum atomic E-state index is 12.5. The van der Waals surface area contributed by atoms with Crippen molar-refractivity contribution < 1.29 is 14.7 Å². The van der Waals surface area contributed by atoms with Crippen molar-refractivity contribution in [3.63, 3.8) is 0 Å². The summed E-state index contributed by atoms with van der Waals surface area (Å²) in [5.41, 5.74) is 1.28. The van der Waals surface area contributed by atoms with E-state index in [4.69, 9.17) is 0 Å². The molecule has 4 nitrogen and oxygen atoms in total. The predicted octanol–water partition coefficient (Wildman–Crippen LogP) is 4.28. The highest BCUT2D eigenvalue weighted by molar-refractivity contribution is 9.10. The van der Waals surface area contributed by atoms with Gasteiger partial charge in [0.1, 0.15) is 0 Å². The smallest absolute Gasteiger partial charge is 0.337 e. The number of aromatic carboxylic acids is 1. The molecule has 0 aliphatic rings. The molecule has 0 aliphatic carbocycles. The third-order valence-corrected chi connectivity index (χ3v) is 3.89. The second-order valence-corrected chi connectivity index (χ2v) is 5.77. The van der Waals surface area contributed by atoms with Crippen LogP contribution in [0.2, 0.25) is 0 Å². The number of carboxylic acid groups (broad SMARTS) is 1. The molecular weight excluding hydrogens is 346 g/mol. The van der Waals surface area contributed by atoms with E-state index < -0.39 is 5.97 Å². The van der Waals surface area contributed by atoms with Gasteiger partial charge in [-0.25, -0.2) is 4.79 Å². The highest BCUT2D eigenvalue weighted by Crippen LogP contribution is 2.25. The van der Waals surface area contributed by atoms with Crippen molar-refractivity contribution in [2.24, 2.45) is 0 Å². The lowest BCUT2D eigenvalue weighted by molar-refractivity contribution is -0.117. The van der Waals surface area contributed by atoms with E-state index in [9.17, 15) is 14.7 Å². The minimum Gasteiger partial charge on any atom is -0.478 e. The van der Waals surface area contributed by atoms with Crippen LogP contribution < -0.4 is 5.32 Å². The number of amides is 1. The molecule has 0 bridgehead atoms. The fraction of sp³-hybridized carbons (Fsp3) is 0.176. The summed E-state index contributed by atoms with van der Waals surface area (Å²) >= 11 is 3.23. The Morgan fingerprint density at radius 1 is 1.18 bits per heavy atom. The van der Waals surface area contributed by atoms with Crippen molar-refractivity contribution in [1.29, 1.82) is 0 Å². The first-order valence-electron chi connectivity index (χ1n) is 6.91. The zero-order chi connectivity index (χ0) is 16.1. The van der Waals surface area contributed by atoms with Crippen LogP contribution in [0.4, 0.5) is 5.69 Å². The molecule has 1 unspecified atom stereocenters. The van der Waals surface area contributed by atoms with Gasteiger partial charge in [-0.3, -0.25) is 4.79 Å². The molecule has 0 saturated carbocycles. The first kappa shape index (κ1) is 16.2. The third kappa shape index (κ3) is 3.74. The number of hydrogen-bond acceptors (Lipinski definition) is 2. The molecule has 0 aliphatic heterocycles. The average Bonchev–Trinajstić information content (AvgIpc) is 2.50. The molecule has 0 saturated heterocycles. The molecular formula is C17H16BrNO3. The van der Waals surface area contributed by atoms with E-state index in [1.807, 2.05) is 37.3 Å². The van der Waals surface area contributed by atoms with E-state index in [1.165, 1.54) is 6.07 Å². The molecule has 0 heterocycles. The van der Waals surface area contributed by atoms with Gasteiger partial charge in [-0.2, -0.15) is 0 Å². The van der Waals surface area contributed by atoms with E-state index in [2.05, 4.69) is 21.2 Å². The second kappa shape index (κ2) is 7.22. The van der Waals surface area contributed by atoms with Gasteiger partial charge in [0.25, 0.3) is 0 Å². The summed E-state index contributed by atoms with van der Waals surface area (Å²) in [4.78, 5) is 23.8. The average molecular weight is 362 g/mol. The van der Waals surface area contributed by atoms with E-state index in [0.29, 0.717) is 16.6 Å². The largest absolute Gasteiger partial charge is 0.478 e. The Kier molecular flexibility index (Phi) is 5.33. The highest BCUT2D eigenvalue weighted by atomic mass is 79.9. The lowest BCUT2D eigenvalue weighted by Crippen LogP contribution is -2.22. The second-order valence-electron chi connectivity index (χ2n) is 4.86. The van der Waals surface area contributed by atoms with Crippen molar-refractivity contribution in [2.45, 2.75) is 19.3 Å². The van der Waals surface area contributed by atoms with Crippen LogP contribution in [0.25, 0.3) is 0 Å². The molecule has 1 atom stereocenters. The summed E-state index contributed by atoms with van der Waals surface area (Å²) in [5.74, 6) is -1.60. The fourth-order valence-electron chi connectivity index (χ4n) is 2.28. The van der Waals surface area contributed by atoms with Gasteiger partial charge in [0.05, 0.1) is 17.2 Å². The van der Waals surface area contributed by atoms with Crippen LogP contribution in [-0.4, -0.2) is 17.0 Å². The van der Waals surface area contributed by atoms with Crippen LogP contribution in [0, 0.1) is 0 Å². The zero-order valence-electron chi connectivity index (χ0n) is 12.0. The fourth-order valence-corrected chi connectivity index (χ4v) is 2.64.